The molecule has 0 unspecified atom stereocenters. The number of carbonyl (C=O) groups excluding carboxylic acids is 2. The molecule has 1 aromatic heterocycles. The van der Waals surface area contributed by atoms with Gasteiger partial charge in [0, 0.05) is 13.0 Å². The van der Waals surface area contributed by atoms with Crippen molar-refractivity contribution in [2.75, 3.05) is 17.9 Å². The van der Waals surface area contributed by atoms with E-state index in [2.05, 4.69) is 14.9 Å². The van der Waals surface area contributed by atoms with Crippen molar-refractivity contribution in [3.05, 3.63) is 64.7 Å². The zero-order valence-corrected chi connectivity index (χ0v) is 18.1. The van der Waals surface area contributed by atoms with Gasteiger partial charge in [0.05, 0.1) is 22.6 Å². The fourth-order valence-electron chi connectivity index (χ4n) is 3.10. The summed E-state index contributed by atoms with van der Waals surface area (Å²) in [6, 6.07) is 12.7. The minimum Gasteiger partial charge on any atom is -0.494 e. The minimum absolute atomic E-state index is 0.0683. The quantitative estimate of drug-likeness (QED) is 0.515. The Balaban J connectivity index is 1.40. The van der Waals surface area contributed by atoms with Gasteiger partial charge in [-0.1, -0.05) is 23.5 Å². The first-order valence-corrected chi connectivity index (χ1v) is 11.7. The number of nitrogens with zero attached hydrogens (tertiary/aromatic N) is 3. The summed E-state index contributed by atoms with van der Waals surface area (Å²) in [6.07, 6.45) is 0.272. The Kier molecular flexibility index (Phi) is 5.70. The minimum atomic E-state index is -3.83. The Morgan fingerprint density at radius 3 is 2.26 bits per heavy atom. The molecule has 4 rings (SSSR count). The monoisotopic (exact) mass is 458 g/mol. The van der Waals surface area contributed by atoms with Crippen molar-refractivity contribution >= 4 is 38.3 Å². The van der Waals surface area contributed by atoms with Gasteiger partial charge in [-0.2, -0.15) is 0 Å². The Hall–Kier alpha value is -3.31. The molecule has 0 saturated heterocycles. The summed E-state index contributed by atoms with van der Waals surface area (Å²) in [5.41, 5.74) is 0.766. The number of nitrogens with one attached hydrogen (secondary N) is 1. The topological polar surface area (TPSA) is 119 Å². The molecule has 0 bridgehead atoms. The number of carbonyl (C=O) groups is 2. The van der Waals surface area contributed by atoms with Crippen LogP contribution < -0.4 is 9.46 Å². The first-order chi connectivity index (χ1) is 14.9. The van der Waals surface area contributed by atoms with Crippen molar-refractivity contribution in [1.29, 1.82) is 0 Å². The Morgan fingerprint density at radius 2 is 1.65 bits per heavy atom. The normalized spacial score (nSPS) is 13.4. The average Bonchev–Trinajstić information content (AvgIpc) is 3.29. The average molecular weight is 459 g/mol. The summed E-state index contributed by atoms with van der Waals surface area (Å²) >= 11 is 1.05. The number of rotatable bonds is 8. The molecule has 1 aliphatic rings. The van der Waals surface area contributed by atoms with E-state index in [0.717, 1.165) is 16.2 Å². The van der Waals surface area contributed by atoms with Crippen LogP contribution in [0.3, 0.4) is 0 Å². The highest BCUT2D eigenvalue weighted by molar-refractivity contribution is 7.93. The van der Waals surface area contributed by atoms with Gasteiger partial charge in [0.2, 0.25) is 5.13 Å². The Bertz CT molecular complexity index is 1200. The summed E-state index contributed by atoms with van der Waals surface area (Å²) in [5, 5.41) is 8.43. The molecule has 0 radical (unpaired) electrons. The molecule has 11 heteroatoms. The van der Waals surface area contributed by atoms with E-state index in [9.17, 15) is 18.0 Å². The van der Waals surface area contributed by atoms with Gasteiger partial charge in [0.1, 0.15) is 10.8 Å². The summed E-state index contributed by atoms with van der Waals surface area (Å²) in [5.74, 6) is -0.115. The van der Waals surface area contributed by atoms with Crippen molar-refractivity contribution in [2.45, 2.75) is 18.2 Å². The zero-order valence-electron chi connectivity index (χ0n) is 16.4. The molecular weight excluding hydrogens is 440 g/mol. The SMILES string of the molecule is CCOc1ccc(S(=O)(=O)Nc2nnc(CCN3C(=O)c4ccccc4C3=O)s2)cc1. The van der Waals surface area contributed by atoms with Crippen molar-refractivity contribution < 1.29 is 22.7 Å². The Morgan fingerprint density at radius 1 is 1.00 bits per heavy atom. The largest absolute Gasteiger partial charge is 0.494 e. The predicted molar refractivity (Wildman–Crippen MR) is 114 cm³/mol. The van der Waals surface area contributed by atoms with Gasteiger partial charge in [-0.3, -0.25) is 19.2 Å². The molecule has 0 spiro atoms. The molecular formula is C20H18N4O5S2. The standard InChI is InChI=1S/C20H18N4O5S2/c1-2-29-13-7-9-14(10-8-13)31(27,28)23-20-22-21-17(30-20)11-12-24-18(25)15-5-3-4-6-16(15)19(24)26/h3-10H,2,11-12H2,1H3,(H,22,23). The third kappa shape index (κ3) is 4.28. The van der Waals surface area contributed by atoms with Crippen molar-refractivity contribution in [2.24, 2.45) is 0 Å². The zero-order chi connectivity index (χ0) is 22.0. The molecule has 0 saturated carbocycles. The first kappa shape index (κ1) is 20.9. The van der Waals surface area contributed by atoms with Crippen LogP contribution in [0.15, 0.2) is 53.4 Å². The number of amides is 2. The second kappa shape index (κ2) is 8.44. The summed E-state index contributed by atoms with van der Waals surface area (Å²) < 4.78 is 32.8. The summed E-state index contributed by atoms with van der Waals surface area (Å²) in [4.78, 5) is 26.1. The van der Waals surface area contributed by atoms with E-state index in [0.29, 0.717) is 28.5 Å². The highest BCUT2D eigenvalue weighted by Gasteiger charge is 2.34. The second-order valence-electron chi connectivity index (χ2n) is 6.57. The molecule has 1 aliphatic heterocycles. The molecule has 160 valence electrons. The molecule has 3 aromatic rings. The maximum absolute atomic E-state index is 12.5. The lowest BCUT2D eigenvalue weighted by Crippen LogP contribution is -2.31. The van der Waals surface area contributed by atoms with Crippen LogP contribution in [-0.4, -0.2) is 48.5 Å². The molecule has 0 fully saturated rings. The highest BCUT2D eigenvalue weighted by Crippen LogP contribution is 2.25. The number of fused-ring (bicyclic) bond motifs is 1. The molecule has 0 aliphatic carbocycles. The van der Waals surface area contributed by atoms with Crippen molar-refractivity contribution in [3.8, 4) is 5.75 Å². The lowest BCUT2D eigenvalue weighted by molar-refractivity contribution is 0.0656. The number of benzene rings is 2. The van der Waals surface area contributed by atoms with E-state index in [-0.39, 0.29) is 34.8 Å². The van der Waals surface area contributed by atoms with Gasteiger partial charge in [0.25, 0.3) is 21.8 Å². The lowest BCUT2D eigenvalue weighted by Gasteiger charge is -2.12. The predicted octanol–water partition coefficient (Wildman–Crippen LogP) is 2.58. The van der Waals surface area contributed by atoms with Crippen LogP contribution in [0.4, 0.5) is 5.13 Å². The van der Waals surface area contributed by atoms with Crippen LogP contribution in [0.25, 0.3) is 0 Å². The number of ether oxygens (including phenoxy) is 1. The molecule has 9 nitrogen and oxygen atoms in total. The van der Waals surface area contributed by atoms with E-state index in [1.165, 1.54) is 12.1 Å². The summed E-state index contributed by atoms with van der Waals surface area (Å²) in [7, 11) is -3.83. The maximum Gasteiger partial charge on any atom is 0.263 e. The number of hydrogen-bond acceptors (Lipinski definition) is 8. The number of hydrogen-bond donors (Lipinski definition) is 1. The van der Waals surface area contributed by atoms with Crippen molar-refractivity contribution in [1.82, 2.24) is 15.1 Å². The third-order valence-corrected chi connectivity index (χ3v) is 6.94. The third-order valence-electron chi connectivity index (χ3n) is 4.56. The van der Waals surface area contributed by atoms with Gasteiger partial charge in [0.15, 0.2) is 0 Å². The van der Waals surface area contributed by atoms with Gasteiger partial charge in [-0.05, 0) is 43.3 Å². The molecule has 31 heavy (non-hydrogen) atoms. The van der Waals surface area contributed by atoms with Gasteiger partial charge in [-0.25, -0.2) is 8.42 Å². The first-order valence-electron chi connectivity index (χ1n) is 9.42. The molecule has 2 amide bonds. The fourth-order valence-corrected chi connectivity index (χ4v) is 5.06. The smallest absolute Gasteiger partial charge is 0.263 e. The van der Waals surface area contributed by atoms with Gasteiger partial charge >= 0.3 is 0 Å². The van der Waals surface area contributed by atoms with Gasteiger partial charge < -0.3 is 4.74 Å². The molecule has 1 N–H and O–H groups in total. The van der Waals surface area contributed by atoms with Crippen LogP contribution >= 0.6 is 11.3 Å². The molecule has 2 aromatic carbocycles. The van der Waals surface area contributed by atoms with Crippen LogP contribution in [0.2, 0.25) is 0 Å². The fraction of sp³-hybridized carbons (Fsp3) is 0.200. The maximum atomic E-state index is 12.5. The number of imide groups is 1. The van der Waals surface area contributed by atoms with E-state index in [1.54, 1.807) is 36.4 Å². The van der Waals surface area contributed by atoms with Gasteiger partial charge in [-0.15, -0.1) is 10.2 Å². The van der Waals surface area contributed by atoms with E-state index in [4.69, 9.17) is 4.74 Å². The van der Waals surface area contributed by atoms with Crippen molar-refractivity contribution in [3.63, 3.8) is 0 Å². The van der Waals surface area contributed by atoms with E-state index < -0.39 is 10.0 Å². The van der Waals surface area contributed by atoms with Crippen LogP contribution in [0.5, 0.6) is 5.75 Å². The molecule has 2 heterocycles. The second-order valence-corrected chi connectivity index (χ2v) is 9.31. The highest BCUT2D eigenvalue weighted by atomic mass is 32.2. The molecule has 0 atom stereocenters. The number of sulfonamides is 1. The van der Waals surface area contributed by atoms with Crippen LogP contribution in [-0.2, 0) is 16.4 Å². The van der Waals surface area contributed by atoms with Crippen LogP contribution in [0, 0.1) is 0 Å². The summed E-state index contributed by atoms with van der Waals surface area (Å²) in [6.45, 7) is 2.46. The van der Waals surface area contributed by atoms with E-state index >= 15 is 0 Å². The number of anilines is 1. The van der Waals surface area contributed by atoms with Crippen LogP contribution in [0.1, 0.15) is 32.6 Å². The Labute approximate surface area is 182 Å². The lowest BCUT2D eigenvalue weighted by atomic mass is 10.1. The van der Waals surface area contributed by atoms with E-state index in [1.807, 2.05) is 6.92 Å². The number of aromatic nitrogens is 2.